The molecule has 0 heterocycles. The first-order chi connectivity index (χ1) is 8.24. The first-order valence-corrected chi connectivity index (χ1v) is 5.44. The highest BCUT2D eigenvalue weighted by Crippen LogP contribution is 2.56. The van der Waals surface area contributed by atoms with Crippen LogP contribution in [0, 0.1) is 23.7 Å². The molecule has 0 radical (unpaired) electrons. The van der Waals surface area contributed by atoms with Crippen molar-refractivity contribution >= 4 is 0 Å². The Labute approximate surface area is 103 Å². The number of hydrogen-bond acceptors (Lipinski definition) is 0. The van der Waals surface area contributed by atoms with E-state index in [0.29, 0.717) is 0 Å². The molecule has 0 nitrogen and oxygen atoms in total. The molecule has 1 rings (SSSR count). The van der Waals surface area contributed by atoms with Crippen molar-refractivity contribution in [2.45, 2.75) is 38.3 Å². The van der Waals surface area contributed by atoms with Gasteiger partial charge >= 0.3 is 18.5 Å². The summed E-state index contributed by atoms with van der Waals surface area (Å²) in [5.41, 5.74) is 0. The van der Waals surface area contributed by atoms with Crippen molar-refractivity contribution < 1.29 is 39.5 Å². The van der Waals surface area contributed by atoms with E-state index in [4.69, 9.17) is 0 Å². The van der Waals surface area contributed by atoms with E-state index in [1.54, 1.807) is 0 Å². The van der Waals surface area contributed by atoms with Crippen LogP contribution in [0.3, 0.4) is 0 Å². The van der Waals surface area contributed by atoms with Gasteiger partial charge in [0.2, 0.25) is 0 Å². The van der Waals surface area contributed by atoms with Gasteiger partial charge in [-0.1, -0.05) is 6.92 Å². The molecule has 2 atom stereocenters. The van der Waals surface area contributed by atoms with Crippen LogP contribution in [-0.2, 0) is 0 Å². The Morgan fingerprint density at radius 2 is 0.947 bits per heavy atom. The summed E-state index contributed by atoms with van der Waals surface area (Å²) < 4.78 is 113. The van der Waals surface area contributed by atoms with Crippen molar-refractivity contribution in [2.24, 2.45) is 23.7 Å². The lowest BCUT2D eigenvalue weighted by Gasteiger charge is -2.43. The van der Waals surface area contributed by atoms with Gasteiger partial charge in [0.05, 0.1) is 17.8 Å². The lowest BCUT2D eigenvalue weighted by molar-refractivity contribution is -0.315. The van der Waals surface area contributed by atoms with E-state index in [2.05, 4.69) is 0 Å². The summed E-state index contributed by atoms with van der Waals surface area (Å²) in [5, 5.41) is 0. The quantitative estimate of drug-likeness (QED) is 0.555. The lowest BCUT2D eigenvalue weighted by Crippen LogP contribution is -2.51. The summed E-state index contributed by atoms with van der Waals surface area (Å²) in [6.07, 6.45) is -18.0. The van der Waals surface area contributed by atoms with Crippen molar-refractivity contribution in [1.29, 1.82) is 0 Å². The summed E-state index contributed by atoms with van der Waals surface area (Å²) >= 11 is 0. The maximum atomic E-state index is 12.6. The van der Waals surface area contributed by atoms with Crippen LogP contribution in [0.25, 0.3) is 0 Å². The van der Waals surface area contributed by atoms with E-state index in [1.165, 1.54) is 0 Å². The van der Waals surface area contributed by atoms with Gasteiger partial charge in [-0.2, -0.15) is 39.5 Å². The average Bonchev–Trinajstić information content (AvgIpc) is 2.11. The second kappa shape index (κ2) is 4.73. The molecule has 0 bridgehead atoms. The van der Waals surface area contributed by atoms with E-state index in [9.17, 15) is 39.5 Å². The van der Waals surface area contributed by atoms with E-state index < -0.39 is 55.0 Å². The molecule has 0 saturated heterocycles. The second-order valence-corrected chi connectivity index (χ2v) is 4.94. The standard InChI is InChI=1S/C10H11F9/c1-4-2-5(8(11,12)13)7(10(17,18)19)6(3-4)9(14,15)16/h4-7H,2-3H2,1H3. The van der Waals surface area contributed by atoms with Gasteiger partial charge in [-0.15, -0.1) is 0 Å². The topological polar surface area (TPSA) is 0 Å². The van der Waals surface area contributed by atoms with Gasteiger partial charge < -0.3 is 0 Å². The fourth-order valence-corrected chi connectivity index (χ4v) is 2.67. The van der Waals surface area contributed by atoms with Crippen LogP contribution in [0.1, 0.15) is 19.8 Å². The predicted octanol–water partition coefficient (Wildman–Crippen LogP) is 4.95. The summed E-state index contributed by atoms with van der Waals surface area (Å²) in [7, 11) is 0. The van der Waals surface area contributed by atoms with Gasteiger partial charge in [0.25, 0.3) is 0 Å². The Hall–Kier alpha value is -0.630. The minimum absolute atomic E-state index is 0.930. The molecule has 2 unspecified atom stereocenters. The van der Waals surface area contributed by atoms with E-state index in [-0.39, 0.29) is 0 Å². The molecular weight excluding hydrogens is 291 g/mol. The highest BCUT2D eigenvalue weighted by atomic mass is 19.4. The maximum absolute atomic E-state index is 12.6. The zero-order chi connectivity index (χ0) is 15.2. The Morgan fingerprint density at radius 3 is 1.16 bits per heavy atom. The fraction of sp³-hybridized carbons (Fsp3) is 1.00. The van der Waals surface area contributed by atoms with Crippen molar-refractivity contribution in [3.05, 3.63) is 0 Å². The lowest BCUT2D eigenvalue weighted by atomic mass is 9.67. The number of rotatable bonds is 0. The van der Waals surface area contributed by atoms with Gasteiger partial charge in [-0.05, 0) is 18.8 Å². The molecule has 0 amide bonds. The number of hydrogen-bond donors (Lipinski definition) is 0. The van der Waals surface area contributed by atoms with Gasteiger partial charge in [0.1, 0.15) is 0 Å². The molecule has 0 aromatic heterocycles. The van der Waals surface area contributed by atoms with Gasteiger partial charge in [-0.25, -0.2) is 0 Å². The molecule has 0 aromatic rings. The van der Waals surface area contributed by atoms with Crippen molar-refractivity contribution in [3.63, 3.8) is 0 Å². The zero-order valence-electron chi connectivity index (χ0n) is 9.63. The third-order valence-corrected chi connectivity index (χ3v) is 3.40. The number of halogens is 9. The largest absolute Gasteiger partial charge is 0.393 e. The van der Waals surface area contributed by atoms with E-state index >= 15 is 0 Å². The Morgan fingerprint density at radius 1 is 0.632 bits per heavy atom. The van der Waals surface area contributed by atoms with Gasteiger partial charge in [0.15, 0.2) is 0 Å². The van der Waals surface area contributed by atoms with Crippen LogP contribution >= 0.6 is 0 Å². The van der Waals surface area contributed by atoms with Crippen molar-refractivity contribution in [2.75, 3.05) is 0 Å². The third-order valence-electron chi connectivity index (χ3n) is 3.40. The van der Waals surface area contributed by atoms with Crippen LogP contribution in [0.5, 0.6) is 0 Å². The molecule has 9 heteroatoms. The zero-order valence-corrected chi connectivity index (χ0v) is 9.63. The molecule has 19 heavy (non-hydrogen) atoms. The Balaban J connectivity index is 3.23. The van der Waals surface area contributed by atoms with E-state index in [0.717, 1.165) is 6.92 Å². The highest BCUT2D eigenvalue weighted by molar-refractivity contribution is 4.94. The maximum Gasteiger partial charge on any atom is 0.393 e. The van der Waals surface area contributed by atoms with Crippen LogP contribution in [0.4, 0.5) is 39.5 Å². The van der Waals surface area contributed by atoms with E-state index in [1.807, 2.05) is 0 Å². The molecule has 1 aliphatic carbocycles. The SMILES string of the molecule is CC1CC(C(F)(F)F)C(C(F)(F)F)C(C(F)(F)F)C1. The molecule has 1 saturated carbocycles. The molecule has 1 aliphatic rings. The Kier molecular flexibility index (Phi) is 4.09. The van der Waals surface area contributed by atoms with Gasteiger partial charge in [0, 0.05) is 0 Å². The minimum atomic E-state index is -5.53. The van der Waals surface area contributed by atoms with Crippen LogP contribution in [0.15, 0.2) is 0 Å². The Bertz CT molecular complexity index is 286. The monoisotopic (exact) mass is 302 g/mol. The molecule has 0 aromatic carbocycles. The summed E-state index contributed by atoms with van der Waals surface area (Å²) in [5.74, 6) is -10.5. The van der Waals surface area contributed by atoms with Crippen molar-refractivity contribution in [1.82, 2.24) is 0 Å². The average molecular weight is 302 g/mol. The minimum Gasteiger partial charge on any atom is -0.171 e. The molecule has 1 fully saturated rings. The molecular formula is C10H11F9. The van der Waals surface area contributed by atoms with Crippen LogP contribution in [-0.4, -0.2) is 18.5 Å². The normalized spacial score (nSPS) is 34.4. The first kappa shape index (κ1) is 16.4. The van der Waals surface area contributed by atoms with Crippen molar-refractivity contribution in [3.8, 4) is 0 Å². The summed E-state index contributed by atoms with van der Waals surface area (Å²) in [6.45, 7) is 1.10. The predicted molar refractivity (Wildman–Crippen MR) is 47.0 cm³/mol. The van der Waals surface area contributed by atoms with Gasteiger partial charge in [-0.3, -0.25) is 0 Å². The summed E-state index contributed by atoms with van der Waals surface area (Å²) in [6, 6.07) is 0. The smallest absolute Gasteiger partial charge is 0.171 e. The number of alkyl halides is 9. The molecule has 0 spiro atoms. The molecule has 114 valence electrons. The third kappa shape index (κ3) is 3.68. The first-order valence-electron chi connectivity index (χ1n) is 5.44. The highest BCUT2D eigenvalue weighted by Gasteiger charge is 2.65. The fourth-order valence-electron chi connectivity index (χ4n) is 2.67. The summed E-state index contributed by atoms with van der Waals surface area (Å²) in [4.78, 5) is 0. The molecule has 0 aliphatic heterocycles. The van der Waals surface area contributed by atoms with Crippen LogP contribution in [0.2, 0.25) is 0 Å². The molecule has 0 N–H and O–H groups in total. The second-order valence-electron chi connectivity index (χ2n) is 4.94. The van der Waals surface area contributed by atoms with Crippen LogP contribution < -0.4 is 0 Å².